The molecule has 0 amide bonds. The second-order valence-electron chi connectivity index (χ2n) is 7.29. The molecule has 3 rings (SSSR count). The fourth-order valence-electron chi connectivity index (χ4n) is 4.80. The predicted molar refractivity (Wildman–Crippen MR) is 85.7 cm³/mol. The molecule has 2 saturated carbocycles. The molecule has 0 bridgehead atoms. The third-order valence-electron chi connectivity index (χ3n) is 5.90. The van der Waals surface area contributed by atoms with Crippen LogP contribution in [0.25, 0.3) is 0 Å². The Balaban J connectivity index is 1.87. The van der Waals surface area contributed by atoms with Crippen LogP contribution in [0.1, 0.15) is 69.8 Å². The molecule has 0 spiro atoms. The van der Waals surface area contributed by atoms with Crippen LogP contribution >= 0.6 is 0 Å². The lowest BCUT2D eigenvalue weighted by atomic mass is 9.60. The molecule has 4 atom stereocenters. The number of benzene rings is 1. The van der Waals surface area contributed by atoms with Crippen molar-refractivity contribution in [3.63, 3.8) is 0 Å². The Labute approximate surface area is 124 Å². The molecule has 1 aromatic rings. The first-order valence-corrected chi connectivity index (χ1v) is 8.54. The number of nitrogens with two attached hydrogens (primary N) is 1. The van der Waals surface area contributed by atoms with Crippen molar-refractivity contribution >= 4 is 0 Å². The Morgan fingerprint density at radius 1 is 1.00 bits per heavy atom. The summed E-state index contributed by atoms with van der Waals surface area (Å²) in [5.41, 5.74) is 8.60. The van der Waals surface area contributed by atoms with Crippen LogP contribution < -0.4 is 5.73 Å². The van der Waals surface area contributed by atoms with E-state index in [1.54, 1.807) is 0 Å². The average molecular weight is 271 g/mol. The quantitative estimate of drug-likeness (QED) is 0.816. The van der Waals surface area contributed by atoms with Gasteiger partial charge in [-0.05, 0) is 43.1 Å². The van der Waals surface area contributed by atoms with Crippen molar-refractivity contribution in [2.24, 2.45) is 17.6 Å². The molecule has 4 unspecified atom stereocenters. The van der Waals surface area contributed by atoms with Gasteiger partial charge in [0.25, 0.3) is 0 Å². The highest BCUT2D eigenvalue weighted by Gasteiger charge is 2.44. The van der Waals surface area contributed by atoms with Crippen LogP contribution in [0.2, 0.25) is 0 Å². The summed E-state index contributed by atoms with van der Waals surface area (Å²) in [7, 11) is 0. The summed E-state index contributed by atoms with van der Waals surface area (Å²) in [6, 6.07) is 11.1. The molecule has 110 valence electrons. The highest BCUT2D eigenvalue weighted by Crippen LogP contribution is 2.48. The van der Waals surface area contributed by atoms with Crippen molar-refractivity contribution in [2.45, 2.75) is 69.7 Å². The third kappa shape index (κ3) is 2.65. The second-order valence-corrected chi connectivity index (χ2v) is 7.29. The van der Waals surface area contributed by atoms with Crippen LogP contribution in [0.3, 0.4) is 0 Å². The highest BCUT2D eigenvalue weighted by molar-refractivity contribution is 5.25. The van der Waals surface area contributed by atoms with E-state index >= 15 is 0 Å². The lowest BCUT2D eigenvalue weighted by Crippen LogP contribution is -2.54. The Morgan fingerprint density at radius 2 is 1.80 bits per heavy atom. The molecule has 0 aromatic heterocycles. The lowest BCUT2D eigenvalue weighted by Gasteiger charge is -2.49. The molecule has 0 radical (unpaired) electrons. The van der Waals surface area contributed by atoms with Gasteiger partial charge in [0.2, 0.25) is 0 Å². The molecular weight excluding hydrogens is 242 g/mol. The highest BCUT2D eigenvalue weighted by atomic mass is 14.8. The summed E-state index contributed by atoms with van der Waals surface area (Å²) in [6.07, 6.45) is 10.7. The van der Waals surface area contributed by atoms with Gasteiger partial charge in [-0.15, -0.1) is 0 Å². The Hall–Kier alpha value is -0.820. The summed E-state index contributed by atoms with van der Waals surface area (Å²) in [5.74, 6) is 2.18. The molecular formula is C19H29N. The maximum atomic E-state index is 7.07. The van der Waals surface area contributed by atoms with Gasteiger partial charge in [0.1, 0.15) is 0 Å². The van der Waals surface area contributed by atoms with E-state index in [1.807, 2.05) is 0 Å². The molecule has 20 heavy (non-hydrogen) atoms. The van der Waals surface area contributed by atoms with E-state index in [2.05, 4.69) is 37.3 Å². The van der Waals surface area contributed by atoms with Crippen LogP contribution in [0, 0.1) is 11.8 Å². The van der Waals surface area contributed by atoms with Gasteiger partial charge in [-0.2, -0.15) is 0 Å². The van der Waals surface area contributed by atoms with Gasteiger partial charge in [-0.25, -0.2) is 0 Å². The topological polar surface area (TPSA) is 26.0 Å². The zero-order valence-electron chi connectivity index (χ0n) is 12.9. The number of rotatable bonds is 2. The molecule has 2 aliphatic rings. The lowest BCUT2D eigenvalue weighted by molar-refractivity contribution is 0.109. The molecule has 0 aliphatic heterocycles. The fourth-order valence-corrected chi connectivity index (χ4v) is 4.80. The van der Waals surface area contributed by atoms with E-state index in [4.69, 9.17) is 5.73 Å². The van der Waals surface area contributed by atoms with Crippen molar-refractivity contribution in [3.8, 4) is 0 Å². The summed E-state index contributed by atoms with van der Waals surface area (Å²) in [4.78, 5) is 0. The smallest absolute Gasteiger partial charge is 0.0252 e. The van der Waals surface area contributed by atoms with Crippen molar-refractivity contribution in [1.82, 2.24) is 0 Å². The van der Waals surface area contributed by atoms with E-state index in [0.717, 1.165) is 11.8 Å². The number of hydrogen-bond donors (Lipinski definition) is 1. The van der Waals surface area contributed by atoms with Crippen LogP contribution in [0.4, 0.5) is 0 Å². The van der Waals surface area contributed by atoms with Gasteiger partial charge in [-0.3, -0.25) is 0 Å². The molecule has 2 aliphatic carbocycles. The minimum Gasteiger partial charge on any atom is -0.324 e. The van der Waals surface area contributed by atoms with Crippen LogP contribution in [-0.4, -0.2) is 5.54 Å². The van der Waals surface area contributed by atoms with Gasteiger partial charge in [0, 0.05) is 11.5 Å². The molecule has 1 nitrogen and oxygen atoms in total. The first-order valence-electron chi connectivity index (χ1n) is 8.54. The summed E-state index contributed by atoms with van der Waals surface area (Å²) in [6.45, 7) is 2.41. The largest absolute Gasteiger partial charge is 0.324 e. The van der Waals surface area contributed by atoms with Gasteiger partial charge >= 0.3 is 0 Å². The van der Waals surface area contributed by atoms with E-state index in [9.17, 15) is 0 Å². The molecule has 2 N–H and O–H groups in total. The minimum atomic E-state index is 0.0499. The fraction of sp³-hybridized carbons (Fsp3) is 0.684. The summed E-state index contributed by atoms with van der Waals surface area (Å²) in [5, 5.41) is 0. The Kier molecular flexibility index (Phi) is 4.16. The standard InChI is InChI=1S/C19H29N/c1-15-8-7-11-17(14-15)19(20)13-6-5-12-18(19)16-9-3-2-4-10-16/h2-4,9-10,15,17-18H,5-8,11-14,20H2,1H3. The maximum absolute atomic E-state index is 7.07. The monoisotopic (exact) mass is 271 g/mol. The average Bonchev–Trinajstić information content (AvgIpc) is 2.49. The minimum absolute atomic E-state index is 0.0499. The predicted octanol–water partition coefficient (Wildman–Crippen LogP) is 4.87. The summed E-state index contributed by atoms with van der Waals surface area (Å²) < 4.78 is 0. The Bertz CT molecular complexity index is 427. The first-order chi connectivity index (χ1) is 9.70. The van der Waals surface area contributed by atoms with E-state index in [0.29, 0.717) is 5.92 Å². The van der Waals surface area contributed by atoms with Gasteiger partial charge in [0.05, 0.1) is 0 Å². The molecule has 0 heterocycles. The Morgan fingerprint density at radius 3 is 2.55 bits per heavy atom. The van der Waals surface area contributed by atoms with Crippen molar-refractivity contribution in [2.75, 3.05) is 0 Å². The molecule has 2 fully saturated rings. The van der Waals surface area contributed by atoms with Crippen LogP contribution in [-0.2, 0) is 0 Å². The van der Waals surface area contributed by atoms with Gasteiger partial charge in [0.15, 0.2) is 0 Å². The molecule has 1 aromatic carbocycles. The van der Waals surface area contributed by atoms with E-state index < -0.39 is 0 Å². The number of hydrogen-bond acceptors (Lipinski definition) is 1. The molecule has 1 heteroatoms. The zero-order valence-corrected chi connectivity index (χ0v) is 12.9. The molecule has 0 saturated heterocycles. The zero-order chi connectivity index (χ0) is 14.0. The first kappa shape index (κ1) is 14.1. The van der Waals surface area contributed by atoms with Crippen LogP contribution in [0.5, 0.6) is 0 Å². The van der Waals surface area contributed by atoms with Crippen molar-refractivity contribution in [1.29, 1.82) is 0 Å². The van der Waals surface area contributed by atoms with Gasteiger partial charge in [-0.1, -0.05) is 62.9 Å². The normalized spacial score (nSPS) is 38.6. The second kappa shape index (κ2) is 5.89. The third-order valence-corrected chi connectivity index (χ3v) is 5.90. The van der Waals surface area contributed by atoms with E-state index in [-0.39, 0.29) is 5.54 Å². The SMILES string of the molecule is CC1CCCC(C2(N)CCCCC2c2ccccc2)C1. The van der Waals surface area contributed by atoms with E-state index in [1.165, 1.54) is 56.9 Å². The van der Waals surface area contributed by atoms with Crippen molar-refractivity contribution in [3.05, 3.63) is 35.9 Å². The van der Waals surface area contributed by atoms with Gasteiger partial charge < -0.3 is 5.73 Å². The van der Waals surface area contributed by atoms with Crippen LogP contribution in [0.15, 0.2) is 30.3 Å². The maximum Gasteiger partial charge on any atom is 0.0252 e. The van der Waals surface area contributed by atoms with Crippen molar-refractivity contribution < 1.29 is 0 Å². The summed E-state index contributed by atoms with van der Waals surface area (Å²) >= 11 is 0.